The summed E-state index contributed by atoms with van der Waals surface area (Å²) in [4.78, 5) is 23.8. The molecule has 1 heterocycles. The average Bonchev–Trinajstić information content (AvgIpc) is 3.09. The predicted octanol–water partition coefficient (Wildman–Crippen LogP) is 1.08. The first-order valence-electron chi connectivity index (χ1n) is 7.63. The van der Waals surface area contributed by atoms with Gasteiger partial charge in [-0.15, -0.1) is 0 Å². The van der Waals surface area contributed by atoms with Gasteiger partial charge in [0.1, 0.15) is 0 Å². The van der Waals surface area contributed by atoms with Gasteiger partial charge in [0.25, 0.3) is 0 Å². The summed E-state index contributed by atoms with van der Waals surface area (Å²) in [6, 6.07) is 0. The molecular formula is C15H26N2O3. The van der Waals surface area contributed by atoms with E-state index in [2.05, 4.69) is 10.6 Å². The molecule has 114 valence electrons. The Balaban J connectivity index is 1.72. The van der Waals surface area contributed by atoms with Gasteiger partial charge in [-0.3, -0.25) is 9.59 Å². The molecule has 1 amide bonds. The zero-order valence-corrected chi connectivity index (χ0v) is 12.7. The van der Waals surface area contributed by atoms with E-state index in [1.165, 1.54) is 0 Å². The van der Waals surface area contributed by atoms with Crippen molar-refractivity contribution >= 4 is 11.9 Å². The van der Waals surface area contributed by atoms with Crippen LogP contribution in [0.5, 0.6) is 0 Å². The predicted molar refractivity (Wildman–Crippen MR) is 76.0 cm³/mol. The number of piperidine rings is 1. The molecule has 2 N–H and O–H groups in total. The van der Waals surface area contributed by atoms with Crippen LogP contribution in [0.15, 0.2) is 0 Å². The fourth-order valence-electron chi connectivity index (χ4n) is 3.00. The van der Waals surface area contributed by atoms with E-state index in [9.17, 15) is 9.59 Å². The molecule has 20 heavy (non-hydrogen) atoms. The molecule has 5 nitrogen and oxygen atoms in total. The van der Waals surface area contributed by atoms with Gasteiger partial charge >= 0.3 is 5.97 Å². The van der Waals surface area contributed by atoms with E-state index < -0.39 is 0 Å². The number of rotatable bonds is 5. The van der Waals surface area contributed by atoms with Crippen LogP contribution in [0.2, 0.25) is 0 Å². The van der Waals surface area contributed by atoms with Gasteiger partial charge in [0, 0.05) is 12.5 Å². The van der Waals surface area contributed by atoms with Crippen molar-refractivity contribution < 1.29 is 14.3 Å². The second-order valence-electron chi connectivity index (χ2n) is 6.50. The molecule has 0 aromatic rings. The highest BCUT2D eigenvalue weighted by atomic mass is 16.5. The zero-order chi connectivity index (χ0) is 14.8. The molecule has 0 aromatic carbocycles. The Labute approximate surface area is 120 Å². The minimum atomic E-state index is -0.288. The maximum atomic E-state index is 12.1. The highest BCUT2D eigenvalue weighted by Gasteiger charge is 2.57. The molecule has 2 unspecified atom stereocenters. The van der Waals surface area contributed by atoms with Crippen LogP contribution in [0.3, 0.4) is 0 Å². The number of carbonyl (C=O) groups is 2. The summed E-state index contributed by atoms with van der Waals surface area (Å²) in [7, 11) is 0. The summed E-state index contributed by atoms with van der Waals surface area (Å²) in [5, 5.41) is 6.24. The van der Waals surface area contributed by atoms with E-state index >= 15 is 0 Å². The summed E-state index contributed by atoms with van der Waals surface area (Å²) in [6.45, 7) is 7.84. The maximum Gasteiger partial charge on any atom is 0.310 e. The van der Waals surface area contributed by atoms with Crippen molar-refractivity contribution in [3.8, 4) is 0 Å². The molecule has 2 fully saturated rings. The normalized spacial score (nSPS) is 25.3. The van der Waals surface area contributed by atoms with Gasteiger partial charge in [0.05, 0.1) is 12.0 Å². The number of amides is 1. The number of carbonyl (C=O) groups excluding carboxylic acids is 2. The van der Waals surface area contributed by atoms with Crippen LogP contribution in [0.25, 0.3) is 0 Å². The first kappa shape index (κ1) is 15.3. The van der Waals surface area contributed by atoms with Crippen LogP contribution in [0.1, 0.15) is 40.0 Å². The molecule has 1 spiro atoms. The van der Waals surface area contributed by atoms with E-state index in [0.717, 1.165) is 32.4 Å². The second-order valence-corrected chi connectivity index (χ2v) is 6.50. The SMILES string of the molecule is CC(C)OC(=O)C(C)CNC(=O)C1CC12CCNCC2. The van der Waals surface area contributed by atoms with Crippen LogP contribution >= 0.6 is 0 Å². The van der Waals surface area contributed by atoms with Crippen molar-refractivity contribution in [2.45, 2.75) is 46.1 Å². The molecule has 1 saturated carbocycles. The van der Waals surface area contributed by atoms with Gasteiger partial charge in [-0.1, -0.05) is 6.92 Å². The highest BCUT2D eigenvalue weighted by Crippen LogP contribution is 2.58. The summed E-state index contributed by atoms with van der Waals surface area (Å²) in [5.74, 6) is -0.272. The molecule has 1 aliphatic heterocycles. The number of ether oxygens (including phenoxy) is 1. The lowest BCUT2D eigenvalue weighted by Crippen LogP contribution is -2.37. The van der Waals surface area contributed by atoms with Crippen LogP contribution in [0.4, 0.5) is 0 Å². The van der Waals surface area contributed by atoms with Crippen molar-refractivity contribution in [2.24, 2.45) is 17.3 Å². The first-order chi connectivity index (χ1) is 9.44. The maximum absolute atomic E-state index is 12.1. The summed E-state index contributed by atoms with van der Waals surface area (Å²) in [6.07, 6.45) is 3.08. The molecule has 2 rings (SSSR count). The molecule has 1 aliphatic carbocycles. The minimum absolute atomic E-state index is 0.107. The lowest BCUT2D eigenvalue weighted by molar-refractivity contribution is -0.151. The van der Waals surface area contributed by atoms with Gasteiger partial charge in [0.15, 0.2) is 0 Å². The standard InChI is InChI=1S/C15H26N2O3/c1-10(2)20-14(19)11(3)9-17-13(18)12-8-15(12)4-6-16-7-5-15/h10-12,16H,4-9H2,1-3H3,(H,17,18). The van der Waals surface area contributed by atoms with Crippen molar-refractivity contribution in [3.63, 3.8) is 0 Å². The molecular weight excluding hydrogens is 256 g/mol. The number of nitrogens with one attached hydrogen (secondary N) is 2. The third-order valence-corrected chi connectivity index (χ3v) is 4.44. The molecule has 2 aliphatic rings. The molecule has 0 bridgehead atoms. The fourth-order valence-corrected chi connectivity index (χ4v) is 3.00. The van der Waals surface area contributed by atoms with Crippen LogP contribution in [0, 0.1) is 17.3 Å². The van der Waals surface area contributed by atoms with Crippen molar-refractivity contribution in [1.29, 1.82) is 0 Å². The molecule has 0 aromatic heterocycles. The number of hydrogen-bond donors (Lipinski definition) is 2. The Morgan fingerprint density at radius 3 is 2.55 bits per heavy atom. The van der Waals surface area contributed by atoms with Gasteiger partial charge < -0.3 is 15.4 Å². The monoisotopic (exact) mass is 282 g/mol. The molecule has 0 radical (unpaired) electrons. The van der Waals surface area contributed by atoms with E-state index in [-0.39, 0.29) is 35.2 Å². The molecule has 5 heteroatoms. The zero-order valence-electron chi connectivity index (χ0n) is 12.7. The first-order valence-corrected chi connectivity index (χ1v) is 7.63. The van der Waals surface area contributed by atoms with E-state index in [4.69, 9.17) is 4.74 Å². The van der Waals surface area contributed by atoms with E-state index in [1.807, 2.05) is 13.8 Å². The smallest absolute Gasteiger partial charge is 0.310 e. The quantitative estimate of drug-likeness (QED) is 0.741. The van der Waals surface area contributed by atoms with E-state index in [0.29, 0.717) is 6.54 Å². The van der Waals surface area contributed by atoms with Crippen molar-refractivity contribution in [2.75, 3.05) is 19.6 Å². The van der Waals surface area contributed by atoms with E-state index in [1.54, 1.807) is 6.92 Å². The Kier molecular flexibility index (Phi) is 4.68. The third-order valence-electron chi connectivity index (χ3n) is 4.44. The topological polar surface area (TPSA) is 67.4 Å². The Morgan fingerprint density at radius 2 is 1.95 bits per heavy atom. The summed E-state index contributed by atoms with van der Waals surface area (Å²) in [5.41, 5.74) is 0.247. The molecule has 2 atom stereocenters. The second kappa shape index (κ2) is 6.12. The molecule has 1 saturated heterocycles. The lowest BCUT2D eigenvalue weighted by atomic mass is 9.92. The number of hydrogen-bond acceptors (Lipinski definition) is 4. The minimum Gasteiger partial charge on any atom is -0.463 e. The average molecular weight is 282 g/mol. The number of esters is 1. The Morgan fingerprint density at radius 1 is 1.30 bits per heavy atom. The Bertz CT molecular complexity index is 375. The summed E-state index contributed by atoms with van der Waals surface area (Å²) >= 11 is 0. The van der Waals surface area contributed by atoms with Crippen LogP contribution in [-0.2, 0) is 14.3 Å². The van der Waals surface area contributed by atoms with Gasteiger partial charge in [-0.05, 0) is 51.6 Å². The van der Waals surface area contributed by atoms with Gasteiger partial charge in [-0.2, -0.15) is 0 Å². The van der Waals surface area contributed by atoms with Gasteiger partial charge in [0.2, 0.25) is 5.91 Å². The largest absolute Gasteiger partial charge is 0.463 e. The van der Waals surface area contributed by atoms with Crippen LogP contribution in [-0.4, -0.2) is 37.6 Å². The van der Waals surface area contributed by atoms with Gasteiger partial charge in [-0.25, -0.2) is 0 Å². The lowest BCUT2D eigenvalue weighted by Gasteiger charge is -2.23. The van der Waals surface area contributed by atoms with Crippen molar-refractivity contribution in [3.05, 3.63) is 0 Å². The van der Waals surface area contributed by atoms with Crippen molar-refractivity contribution in [1.82, 2.24) is 10.6 Å². The third kappa shape index (κ3) is 3.51. The van der Waals surface area contributed by atoms with Crippen LogP contribution < -0.4 is 10.6 Å². The summed E-state index contributed by atoms with van der Waals surface area (Å²) < 4.78 is 5.13. The highest BCUT2D eigenvalue weighted by molar-refractivity contribution is 5.83. The fraction of sp³-hybridized carbons (Fsp3) is 0.867. The Hall–Kier alpha value is -1.10.